The fraction of sp³-hybridized carbons (Fsp3) is 0.609. The summed E-state index contributed by atoms with van der Waals surface area (Å²) in [7, 11) is 0. The predicted molar refractivity (Wildman–Crippen MR) is 120 cm³/mol. The van der Waals surface area contributed by atoms with Crippen molar-refractivity contribution in [2.24, 2.45) is 5.92 Å². The Bertz CT molecular complexity index is 769. The van der Waals surface area contributed by atoms with Gasteiger partial charge in [0.15, 0.2) is 0 Å². The summed E-state index contributed by atoms with van der Waals surface area (Å²) in [5.41, 5.74) is 1.54. The second-order valence-electron chi connectivity index (χ2n) is 7.97. The van der Waals surface area contributed by atoms with Crippen LogP contribution in [0.15, 0.2) is 24.3 Å². The number of carbonyl (C=O) groups excluding carboxylic acids is 1. The van der Waals surface area contributed by atoms with Gasteiger partial charge in [0, 0.05) is 23.3 Å². The fourth-order valence-corrected chi connectivity index (χ4v) is 4.13. The molecule has 0 spiro atoms. The number of halogens is 1. The van der Waals surface area contributed by atoms with Crippen LogP contribution in [0.2, 0.25) is 0 Å². The Labute approximate surface area is 179 Å². The van der Waals surface area contributed by atoms with Crippen molar-refractivity contribution in [3.63, 3.8) is 0 Å². The largest absolute Gasteiger partial charge is 0.478 e. The number of benzene rings is 1. The van der Waals surface area contributed by atoms with Crippen molar-refractivity contribution in [2.75, 3.05) is 38.7 Å². The second kappa shape index (κ2) is 11.5. The van der Waals surface area contributed by atoms with Crippen molar-refractivity contribution in [1.82, 2.24) is 15.2 Å². The molecule has 29 heavy (non-hydrogen) atoms. The summed E-state index contributed by atoms with van der Waals surface area (Å²) in [6.07, 6.45) is 6.60. The second-order valence-corrected chi connectivity index (χ2v) is 8.35. The van der Waals surface area contributed by atoms with Gasteiger partial charge in [-0.25, -0.2) is 0 Å². The van der Waals surface area contributed by atoms with Crippen LogP contribution in [0.25, 0.3) is 10.9 Å². The van der Waals surface area contributed by atoms with Crippen LogP contribution < -0.4 is 10.1 Å². The molecule has 1 amide bonds. The third-order valence-corrected chi connectivity index (χ3v) is 6.03. The molecule has 1 aliphatic heterocycles. The number of carbonyl (C=O) groups is 1. The highest BCUT2D eigenvalue weighted by Crippen LogP contribution is 2.28. The molecule has 2 heterocycles. The van der Waals surface area contributed by atoms with Gasteiger partial charge in [-0.1, -0.05) is 31.5 Å². The molecule has 0 radical (unpaired) electrons. The number of rotatable bonds is 11. The van der Waals surface area contributed by atoms with Crippen molar-refractivity contribution in [3.05, 3.63) is 29.8 Å². The molecule has 1 fully saturated rings. The number of nitrogens with zero attached hydrogens (tertiary/aromatic N) is 1. The Balaban J connectivity index is 1.58. The Hall–Kier alpha value is -1.72. The molecule has 1 saturated heterocycles. The average molecular weight is 420 g/mol. The number of piperidine rings is 1. The number of alkyl halides is 1. The lowest BCUT2D eigenvalue weighted by atomic mass is 9.96. The molecule has 2 N–H and O–H groups in total. The Morgan fingerprint density at radius 3 is 2.79 bits per heavy atom. The molecule has 0 bridgehead atoms. The van der Waals surface area contributed by atoms with Gasteiger partial charge in [0.05, 0.1) is 6.61 Å². The quantitative estimate of drug-likeness (QED) is 0.406. The molecule has 1 aromatic heterocycles. The molecule has 0 atom stereocenters. The number of fused-ring (bicyclic) bond motifs is 1. The number of likely N-dealkylation sites (tertiary alicyclic amines) is 1. The van der Waals surface area contributed by atoms with E-state index >= 15 is 0 Å². The summed E-state index contributed by atoms with van der Waals surface area (Å²) in [6.45, 7) is 7.00. The Morgan fingerprint density at radius 1 is 1.24 bits per heavy atom. The van der Waals surface area contributed by atoms with E-state index in [0.29, 0.717) is 29.8 Å². The highest BCUT2D eigenvalue weighted by atomic mass is 35.5. The molecule has 0 aliphatic carbocycles. The smallest absolute Gasteiger partial charge is 0.257 e. The van der Waals surface area contributed by atoms with Crippen molar-refractivity contribution in [3.8, 4) is 5.88 Å². The summed E-state index contributed by atoms with van der Waals surface area (Å²) < 4.78 is 5.91. The first-order valence-electron chi connectivity index (χ1n) is 11.0. The fourth-order valence-electron chi connectivity index (χ4n) is 3.94. The minimum absolute atomic E-state index is 0.0526. The van der Waals surface area contributed by atoms with Crippen LogP contribution in [0.3, 0.4) is 0 Å². The molecule has 0 unspecified atom stereocenters. The molecular formula is C23H34ClN3O2. The van der Waals surface area contributed by atoms with E-state index in [1.807, 2.05) is 24.3 Å². The number of ether oxygens (including phenoxy) is 1. The third-order valence-electron chi connectivity index (χ3n) is 5.76. The maximum atomic E-state index is 13.0. The zero-order valence-corrected chi connectivity index (χ0v) is 18.3. The van der Waals surface area contributed by atoms with Crippen LogP contribution in [0.5, 0.6) is 5.88 Å². The standard InChI is InChI=1S/C23H34ClN3O2/c1-2-3-13-27-14-10-18(11-15-27)17-25-22(28)21-19-8-4-5-9-20(19)26-23(21)29-16-7-6-12-24/h4-5,8-9,18,26H,2-3,6-7,10-17H2,1H3,(H,25,28). The third kappa shape index (κ3) is 6.13. The van der Waals surface area contributed by atoms with E-state index in [1.165, 1.54) is 19.4 Å². The maximum absolute atomic E-state index is 13.0. The van der Waals surface area contributed by atoms with E-state index in [2.05, 4.69) is 22.1 Å². The number of aromatic nitrogens is 1. The van der Waals surface area contributed by atoms with Gasteiger partial charge in [-0.2, -0.15) is 0 Å². The van der Waals surface area contributed by atoms with E-state index in [0.717, 1.165) is 56.2 Å². The topological polar surface area (TPSA) is 57.4 Å². The number of hydrogen-bond donors (Lipinski definition) is 2. The van der Waals surface area contributed by atoms with Crippen LogP contribution in [-0.4, -0.2) is 54.5 Å². The number of nitrogens with one attached hydrogen (secondary N) is 2. The van der Waals surface area contributed by atoms with Crippen LogP contribution in [0.4, 0.5) is 0 Å². The minimum Gasteiger partial charge on any atom is -0.478 e. The molecule has 0 saturated carbocycles. The van der Waals surface area contributed by atoms with Gasteiger partial charge in [0.2, 0.25) is 5.88 Å². The first-order chi connectivity index (χ1) is 14.2. The SMILES string of the molecule is CCCCN1CCC(CNC(=O)c2c(OCCCCCl)[nH]c3ccccc23)CC1. The van der Waals surface area contributed by atoms with Gasteiger partial charge in [0.25, 0.3) is 5.91 Å². The minimum atomic E-state index is -0.0526. The Morgan fingerprint density at radius 2 is 2.03 bits per heavy atom. The summed E-state index contributed by atoms with van der Waals surface area (Å²) in [6, 6.07) is 7.86. The molecule has 1 aromatic carbocycles. The highest BCUT2D eigenvalue weighted by Gasteiger charge is 2.23. The number of unbranched alkanes of at least 4 members (excludes halogenated alkanes) is 2. The lowest BCUT2D eigenvalue weighted by Crippen LogP contribution is -2.39. The molecule has 160 valence electrons. The summed E-state index contributed by atoms with van der Waals surface area (Å²) >= 11 is 5.75. The summed E-state index contributed by atoms with van der Waals surface area (Å²) in [4.78, 5) is 18.8. The van der Waals surface area contributed by atoms with Gasteiger partial charge in [-0.05, 0) is 63.7 Å². The monoisotopic (exact) mass is 419 g/mol. The molecule has 2 aromatic rings. The molecule has 6 heteroatoms. The van der Waals surface area contributed by atoms with Crippen LogP contribution in [-0.2, 0) is 0 Å². The average Bonchev–Trinajstić information content (AvgIpc) is 3.12. The lowest BCUT2D eigenvalue weighted by molar-refractivity contribution is 0.0933. The number of amides is 1. The van der Waals surface area contributed by atoms with Gasteiger partial charge in [-0.15, -0.1) is 11.6 Å². The van der Waals surface area contributed by atoms with Crippen LogP contribution in [0.1, 0.15) is 55.8 Å². The Kier molecular flexibility index (Phi) is 8.69. The van der Waals surface area contributed by atoms with Crippen molar-refractivity contribution in [1.29, 1.82) is 0 Å². The van der Waals surface area contributed by atoms with E-state index in [-0.39, 0.29) is 5.91 Å². The van der Waals surface area contributed by atoms with E-state index in [1.54, 1.807) is 0 Å². The summed E-state index contributed by atoms with van der Waals surface area (Å²) in [5.74, 6) is 1.69. The van der Waals surface area contributed by atoms with Crippen LogP contribution >= 0.6 is 11.6 Å². The zero-order chi connectivity index (χ0) is 20.5. The number of H-pyrrole nitrogens is 1. The van der Waals surface area contributed by atoms with Gasteiger partial charge < -0.3 is 19.9 Å². The summed E-state index contributed by atoms with van der Waals surface area (Å²) in [5, 5.41) is 4.08. The van der Waals surface area contributed by atoms with E-state index in [9.17, 15) is 4.79 Å². The number of aromatic amines is 1. The first kappa shape index (κ1) is 22.0. The molecule has 3 rings (SSSR count). The van der Waals surface area contributed by atoms with E-state index < -0.39 is 0 Å². The maximum Gasteiger partial charge on any atom is 0.257 e. The van der Waals surface area contributed by atoms with Crippen LogP contribution in [0, 0.1) is 5.92 Å². The lowest BCUT2D eigenvalue weighted by Gasteiger charge is -2.31. The van der Waals surface area contributed by atoms with Crippen molar-refractivity contribution < 1.29 is 9.53 Å². The van der Waals surface area contributed by atoms with Gasteiger partial charge in [-0.3, -0.25) is 4.79 Å². The van der Waals surface area contributed by atoms with Crippen molar-refractivity contribution in [2.45, 2.75) is 45.4 Å². The highest BCUT2D eigenvalue weighted by molar-refractivity contribution is 6.17. The normalized spacial score (nSPS) is 15.7. The molecule has 1 aliphatic rings. The number of hydrogen-bond acceptors (Lipinski definition) is 3. The molecule has 5 nitrogen and oxygen atoms in total. The first-order valence-corrected chi connectivity index (χ1v) is 11.6. The zero-order valence-electron chi connectivity index (χ0n) is 17.5. The van der Waals surface area contributed by atoms with E-state index in [4.69, 9.17) is 16.3 Å². The predicted octanol–water partition coefficient (Wildman–Crippen LogP) is 4.81. The van der Waals surface area contributed by atoms with Gasteiger partial charge >= 0.3 is 0 Å². The molecular weight excluding hydrogens is 386 g/mol. The van der Waals surface area contributed by atoms with Gasteiger partial charge in [0.1, 0.15) is 5.56 Å². The van der Waals surface area contributed by atoms with Crippen molar-refractivity contribution >= 4 is 28.4 Å². The number of para-hydroxylation sites is 1.